The Morgan fingerprint density at radius 2 is 2.38 bits per heavy atom. The molecule has 1 heterocycles. The van der Waals surface area contributed by atoms with E-state index >= 15 is 0 Å². The van der Waals surface area contributed by atoms with Gasteiger partial charge in [0.1, 0.15) is 0 Å². The maximum atomic E-state index is 10.1. The molecule has 4 nitrogen and oxygen atoms in total. The lowest BCUT2D eigenvalue weighted by Crippen LogP contribution is -2.34. The van der Waals surface area contributed by atoms with Crippen molar-refractivity contribution >= 4 is 0 Å². The number of aryl methyl sites for hydroxylation is 1. The van der Waals surface area contributed by atoms with E-state index in [4.69, 9.17) is 5.73 Å². The number of rotatable bonds is 3. The van der Waals surface area contributed by atoms with Gasteiger partial charge in [-0.2, -0.15) is 5.10 Å². The molecule has 2 unspecified atom stereocenters. The van der Waals surface area contributed by atoms with Crippen LogP contribution in [-0.2, 0) is 12.6 Å². The first-order valence-electron chi connectivity index (χ1n) is 4.40. The normalized spacial score (nSPS) is 18.2. The van der Waals surface area contributed by atoms with Crippen LogP contribution in [0.4, 0.5) is 0 Å². The monoisotopic (exact) mass is 183 g/mol. The highest BCUT2D eigenvalue weighted by Crippen LogP contribution is 2.27. The van der Waals surface area contributed by atoms with E-state index in [2.05, 4.69) is 5.10 Å². The second kappa shape index (κ2) is 3.47. The third-order valence-electron chi connectivity index (χ3n) is 2.60. The van der Waals surface area contributed by atoms with Gasteiger partial charge in [0, 0.05) is 24.7 Å². The van der Waals surface area contributed by atoms with Crippen molar-refractivity contribution in [2.45, 2.75) is 19.4 Å². The van der Waals surface area contributed by atoms with E-state index in [1.54, 1.807) is 17.8 Å². The molecule has 3 N–H and O–H groups in total. The highest BCUT2D eigenvalue weighted by molar-refractivity contribution is 5.15. The minimum Gasteiger partial charge on any atom is -0.385 e. The van der Waals surface area contributed by atoms with Crippen LogP contribution in [0.1, 0.15) is 19.4 Å². The van der Waals surface area contributed by atoms with Crippen LogP contribution < -0.4 is 5.73 Å². The predicted molar refractivity (Wildman–Crippen MR) is 51.0 cm³/mol. The smallest absolute Gasteiger partial charge is 0.0936 e. The van der Waals surface area contributed by atoms with Gasteiger partial charge in [-0.05, 0) is 13.5 Å². The summed E-state index contributed by atoms with van der Waals surface area (Å²) in [5.41, 5.74) is 5.44. The topological polar surface area (TPSA) is 64.1 Å². The second-order valence-corrected chi connectivity index (χ2v) is 3.69. The molecular weight excluding hydrogens is 166 g/mol. The van der Waals surface area contributed by atoms with E-state index in [1.165, 1.54) is 0 Å². The molecule has 1 aromatic rings. The lowest BCUT2D eigenvalue weighted by atomic mass is 9.86. The Morgan fingerprint density at radius 1 is 1.77 bits per heavy atom. The summed E-state index contributed by atoms with van der Waals surface area (Å²) in [6.07, 6.45) is 3.48. The zero-order valence-corrected chi connectivity index (χ0v) is 8.36. The molecule has 0 aliphatic carbocycles. The summed E-state index contributed by atoms with van der Waals surface area (Å²) in [6.45, 7) is 4.15. The van der Waals surface area contributed by atoms with Gasteiger partial charge in [-0.1, -0.05) is 6.92 Å². The molecule has 0 fully saturated rings. The second-order valence-electron chi connectivity index (χ2n) is 3.69. The maximum absolute atomic E-state index is 10.1. The summed E-state index contributed by atoms with van der Waals surface area (Å²) in [5, 5.41) is 14.1. The molecule has 0 amide bonds. The lowest BCUT2D eigenvalue weighted by molar-refractivity contribution is 0.00513. The Morgan fingerprint density at radius 3 is 2.77 bits per heavy atom. The molecule has 1 aromatic heterocycles. The summed E-state index contributed by atoms with van der Waals surface area (Å²) in [5.74, 6) is 0.0247. The largest absolute Gasteiger partial charge is 0.385 e. The Labute approximate surface area is 78.4 Å². The van der Waals surface area contributed by atoms with Gasteiger partial charge in [-0.25, -0.2) is 0 Å². The third-order valence-corrected chi connectivity index (χ3v) is 2.60. The molecule has 0 radical (unpaired) electrons. The number of hydrogen-bond donors (Lipinski definition) is 2. The summed E-state index contributed by atoms with van der Waals surface area (Å²) in [7, 11) is 1.83. The van der Waals surface area contributed by atoms with Crippen molar-refractivity contribution in [3.05, 3.63) is 18.0 Å². The molecule has 0 aromatic carbocycles. The van der Waals surface area contributed by atoms with E-state index in [-0.39, 0.29) is 5.92 Å². The summed E-state index contributed by atoms with van der Waals surface area (Å²) >= 11 is 0. The maximum Gasteiger partial charge on any atom is 0.0936 e. The van der Waals surface area contributed by atoms with Gasteiger partial charge in [0.05, 0.1) is 11.8 Å². The number of nitrogens with two attached hydrogens (primary N) is 1. The van der Waals surface area contributed by atoms with Crippen LogP contribution in [0.5, 0.6) is 0 Å². The SMILES string of the molecule is CC(CN)C(C)(O)c1cnn(C)c1. The van der Waals surface area contributed by atoms with E-state index in [0.717, 1.165) is 5.56 Å². The van der Waals surface area contributed by atoms with Crippen LogP contribution >= 0.6 is 0 Å². The first-order valence-corrected chi connectivity index (χ1v) is 4.40. The van der Waals surface area contributed by atoms with Gasteiger partial charge in [0.2, 0.25) is 0 Å². The number of hydrogen-bond acceptors (Lipinski definition) is 3. The third kappa shape index (κ3) is 1.89. The summed E-state index contributed by atoms with van der Waals surface area (Å²) in [4.78, 5) is 0. The Kier molecular flexibility index (Phi) is 2.73. The molecule has 0 bridgehead atoms. The Balaban J connectivity index is 2.92. The van der Waals surface area contributed by atoms with Crippen LogP contribution in [0, 0.1) is 5.92 Å². The van der Waals surface area contributed by atoms with Crippen molar-refractivity contribution in [1.29, 1.82) is 0 Å². The molecular formula is C9H17N3O. The molecule has 1 rings (SSSR count). The fourth-order valence-electron chi connectivity index (χ4n) is 1.20. The zero-order chi connectivity index (χ0) is 10.1. The van der Waals surface area contributed by atoms with Crippen LogP contribution in [0.2, 0.25) is 0 Å². The van der Waals surface area contributed by atoms with Gasteiger partial charge in [0.25, 0.3) is 0 Å². The molecule has 0 saturated heterocycles. The van der Waals surface area contributed by atoms with Gasteiger partial charge in [0.15, 0.2) is 0 Å². The summed E-state index contributed by atoms with van der Waals surface area (Å²) < 4.78 is 1.67. The minimum absolute atomic E-state index is 0.0247. The van der Waals surface area contributed by atoms with Crippen LogP contribution in [0.15, 0.2) is 12.4 Å². The van der Waals surface area contributed by atoms with Crippen molar-refractivity contribution in [3.8, 4) is 0 Å². The number of aliphatic hydroxyl groups is 1. The Bertz CT molecular complexity index is 280. The lowest BCUT2D eigenvalue weighted by Gasteiger charge is -2.28. The van der Waals surface area contributed by atoms with Crippen molar-refractivity contribution in [2.24, 2.45) is 18.7 Å². The standard InChI is InChI=1S/C9H17N3O/c1-7(4-10)9(2,13)8-5-11-12(3)6-8/h5-7,13H,4,10H2,1-3H3. The Hall–Kier alpha value is -0.870. The van der Waals surface area contributed by atoms with Crippen molar-refractivity contribution in [2.75, 3.05) is 6.54 Å². The number of nitrogens with zero attached hydrogens (tertiary/aromatic N) is 2. The molecule has 74 valence electrons. The number of aromatic nitrogens is 2. The fraction of sp³-hybridized carbons (Fsp3) is 0.667. The molecule has 0 aliphatic heterocycles. The predicted octanol–water partition coefficient (Wildman–Crippen LogP) is 0.222. The summed E-state index contributed by atoms with van der Waals surface area (Å²) in [6, 6.07) is 0. The highest BCUT2D eigenvalue weighted by Gasteiger charge is 2.30. The molecule has 13 heavy (non-hydrogen) atoms. The zero-order valence-electron chi connectivity index (χ0n) is 8.36. The highest BCUT2D eigenvalue weighted by atomic mass is 16.3. The molecule has 4 heteroatoms. The molecule has 0 spiro atoms. The quantitative estimate of drug-likeness (QED) is 0.704. The van der Waals surface area contributed by atoms with Gasteiger partial charge >= 0.3 is 0 Å². The van der Waals surface area contributed by atoms with Gasteiger partial charge in [-0.3, -0.25) is 4.68 Å². The van der Waals surface area contributed by atoms with Gasteiger partial charge < -0.3 is 10.8 Å². The first-order chi connectivity index (χ1) is 5.98. The van der Waals surface area contributed by atoms with Crippen molar-refractivity contribution < 1.29 is 5.11 Å². The molecule has 0 aliphatic rings. The van der Waals surface area contributed by atoms with Crippen LogP contribution in [0.3, 0.4) is 0 Å². The van der Waals surface area contributed by atoms with Gasteiger partial charge in [-0.15, -0.1) is 0 Å². The molecule has 0 saturated carbocycles. The average molecular weight is 183 g/mol. The van der Waals surface area contributed by atoms with Crippen molar-refractivity contribution in [1.82, 2.24) is 9.78 Å². The van der Waals surface area contributed by atoms with E-state index < -0.39 is 5.60 Å². The fourth-order valence-corrected chi connectivity index (χ4v) is 1.20. The van der Waals surface area contributed by atoms with Crippen LogP contribution in [-0.4, -0.2) is 21.4 Å². The minimum atomic E-state index is -0.886. The van der Waals surface area contributed by atoms with Crippen LogP contribution in [0.25, 0.3) is 0 Å². The molecule has 2 atom stereocenters. The van der Waals surface area contributed by atoms with E-state index in [1.807, 2.05) is 20.2 Å². The average Bonchev–Trinajstić information content (AvgIpc) is 2.50. The van der Waals surface area contributed by atoms with E-state index in [0.29, 0.717) is 6.54 Å². The van der Waals surface area contributed by atoms with Crippen molar-refractivity contribution in [3.63, 3.8) is 0 Å². The first kappa shape index (κ1) is 10.2. The van der Waals surface area contributed by atoms with E-state index in [9.17, 15) is 5.11 Å².